The van der Waals surface area contributed by atoms with E-state index in [2.05, 4.69) is 120 Å². The molecule has 0 aliphatic rings. The number of fused-ring (bicyclic) bond motifs is 9. The van der Waals surface area contributed by atoms with E-state index in [0.29, 0.717) is 17.5 Å². The molecule has 6 heteroatoms. The van der Waals surface area contributed by atoms with Gasteiger partial charge in [-0.25, -0.2) is 15.0 Å². The molecule has 0 bridgehead atoms. The summed E-state index contributed by atoms with van der Waals surface area (Å²) in [6.45, 7) is 0. The van der Waals surface area contributed by atoms with Crippen LogP contribution in [0.4, 0.5) is 0 Å². The average Bonchev–Trinajstić information content (AvgIpc) is 3.96. The maximum atomic E-state index is 7.00. The van der Waals surface area contributed by atoms with E-state index in [0.717, 1.165) is 88.4 Å². The van der Waals surface area contributed by atoms with Gasteiger partial charge in [0.2, 0.25) is 0 Å². The van der Waals surface area contributed by atoms with Crippen molar-refractivity contribution in [3.8, 4) is 51.0 Å². The molecule has 0 fully saturated rings. The Morgan fingerprint density at radius 3 is 1.42 bits per heavy atom. The van der Waals surface area contributed by atoms with Crippen molar-refractivity contribution >= 4 is 65.7 Å². The first-order chi connectivity index (χ1) is 28.3. The molecule has 0 radical (unpaired) electrons. The Morgan fingerprint density at radius 2 is 0.807 bits per heavy atom. The molecule has 4 aromatic heterocycles. The minimum atomic E-state index is 0.580. The van der Waals surface area contributed by atoms with Gasteiger partial charge in [-0.1, -0.05) is 152 Å². The summed E-state index contributed by atoms with van der Waals surface area (Å²) in [4.78, 5) is 14.8. The maximum Gasteiger partial charge on any atom is 0.164 e. The van der Waals surface area contributed by atoms with Crippen LogP contribution in [0.2, 0.25) is 0 Å². The standard InChI is InChI=1S/C51H30N4O2/c1-3-14-31(15-4-1)49-52-50(32-16-5-2-6-17-32)54-51(53-49)33-28-29-36-37-20-11-21-38(46(37)56-45(36)30-33)39-22-12-23-40-41-24-13-27-44(48(41)57-47(39)40)55-42-25-9-7-18-34(42)35-19-8-10-26-43(35)55/h1-30H. The molecule has 0 saturated carbocycles. The third-order valence-electron chi connectivity index (χ3n) is 11.1. The van der Waals surface area contributed by atoms with Gasteiger partial charge in [0.25, 0.3) is 0 Å². The highest BCUT2D eigenvalue weighted by Crippen LogP contribution is 2.44. The van der Waals surface area contributed by atoms with Crippen molar-refractivity contribution in [2.45, 2.75) is 0 Å². The van der Waals surface area contributed by atoms with Crippen LogP contribution in [0.5, 0.6) is 0 Å². The molecule has 0 N–H and O–H groups in total. The molecular formula is C51H30N4O2. The van der Waals surface area contributed by atoms with E-state index in [4.69, 9.17) is 23.8 Å². The monoisotopic (exact) mass is 730 g/mol. The van der Waals surface area contributed by atoms with Crippen molar-refractivity contribution in [2.24, 2.45) is 0 Å². The van der Waals surface area contributed by atoms with E-state index in [-0.39, 0.29) is 0 Å². The molecule has 6 nitrogen and oxygen atoms in total. The van der Waals surface area contributed by atoms with Crippen molar-refractivity contribution in [1.82, 2.24) is 19.5 Å². The van der Waals surface area contributed by atoms with Crippen LogP contribution in [0.1, 0.15) is 0 Å². The van der Waals surface area contributed by atoms with E-state index in [1.807, 2.05) is 66.7 Å². The predicted octanol–water partition coefficient (Wildman–Crippen LogP) is 13.4. The maximum absolute atomic E-state index is 7.00. The molecule has 266 valence electrons. The van der Waals surface area contributed by atoms with Gasteiger partial charge in [-0.15, -0.1) is 0 Å². The molecule has 57 heavy (non-hydrogen) atoms. The Kier molecular flexibility index (Phi) is 6.83. The van der Waals surface area contributed by atoms with E-state index in [1.54, 1.807) is 0 Å². The highest BCUT2D eigenvalue weighted by atomic mass is 16.3. The number of rotatable bonds is 5. The van der Waals surface area contributed by atoms with Gasteiger partial charge < -0.3 is 13.4 Å². The highest BCUT2D eigenvalue weighted by Gasteiger charge is 2.21. The topological polar surface area (TPSA) is 69.9 Å². The molecule has 12 aromatic rings. The van der Waals surface area contributed by atoms with Gasteiger partial charge in [-0.3, -0.25) is 0 Å². The summed E-state index contributed by atoms with van der Waals surface area (Å²) in [5.74, 6) is 1.81. The quantitative estimate of drug-likeness (QED) is 0.176. The second-order valence-corrected chi connectivity index (χ2v) is 14.3. The molecule has 0 spiro atoms. The molecule has 0 atom stereocenters. The number of furan rings is 2. The van der Waals surface area contributed by atoms with Crippen molar-refractivity contribution in [3.05, 3.63) is 182 Å². The minimum absolute atomic E-state index is 0.580. The summed E-state index contributed by atoms with van der Waals surface area (Å²) in [5, 5.41) is 6.59. The van der Waals surface area contributed by atoms with Gasteiger partial charge in [-0.05, 0) is 30.3 Å². The highest BCUT2D eigenvalue weighted by molar-refractivity contribution is 6.17. The molecule has 0 unspecified atom stereocenters. The van der Waals surface area contributed by atoms with Crippen molar-refractivity contribution < 1.29 is 8.83 Å². The van der Waals surface area contributed by atoms with Crippen LogP contribution in [0.3, 0.4) is 0 Å². The van der Waals surface area contributed by atoms with E-state index >= 15 is 0 Å². The average molecular weight is 731 g/mol. The number of aromatic nitrogens is 4. The number of benzene rings is 8. The number of nitrogens with zero attached hydrogens (tertiary/aromatic N) is 4. The Hall–Kier alpha value is -7.83. The molecule has 0 saturated heterocycles. The number of hydrogen-bond donors (Lipinski definition) is 0. The van der Waals surface area contributed by atoms with Crippen molar-refractivity contribution in [3.63, 3.8) is 0 Å². The van der Waals surface area contributed by atoms with Gasteiger partial charge in [0.05, 0.1) is 16.7 Å². The van der Waals surface area contributed by atoms with Crippen LogP contribution in [0.15, 0.2) is 191 Å². The van der Waals surface area contributed by atoms with Gasteiger partial charge in [-0.2, -0.15) is 0 Å². The SMILES string of the molecule is c1ccc(-c2nc(-c3ccccc3)nc(-c3ccc4c(c3)oc3c(-c5cccc6c5oc5c(-n7c8ccccc8c8ccccc87)cccc56)cccc34)n2)cc1. The van der Waals surface area contributed by atoms with Crippen LogP contribution in [0, 0.1) is 0 Å². The molecule has 0 aliphatic carbocycles. The summed E-state index contributed by atoms with van der Waals surface area (Å²) in [7, 11) is 0. The normalized spacial score (nSPS) is 11.9. The summed E-state index contributed by atoms with van der Waals surface area (Å²) >= 11 is 0. The van der Waals surface area contributed by atoms with E-state index in [9.17, 15) is 0 Å². The fraction of sp³-hybridized carbons (Fsp3) is 0. The molecule has 0 aliphatic heterocycles. The Bertz CT molecular complexity index is 3410. The fourth-order valence-corrected chi connectivity index (χ4v) is 8.46. The largest absolute Gasteiger partial charge is 0.455 e. The Balaban J connectivity index is 1.03. The van der Waals surface area contributed by atoms with E-state index in [1.165, 1.54) is 10.8 Å². The number of para-hydroxylation sites is 5. The summed E-state index contributed by atoms with van der Waals surface area (Å²) in [5.41, 5.74) is 11.1. The summed E-state index contributed by atoms with van der Waals surface area (Å²) in [6, 6.07) is 62.5. The first kappa shape index (κ1) is 31.5. The zero-order valence-electron chi connectivity index (χ0n) is 30.4. The smallest absolute Gasteiger partial charge is 0.164 e. The van der Waals surface area contributed by atoms with Crippen LogP contribution < -0.4 is 0 Å². The van der Waals surface area contributed by atoms with E-state index < -0.39 is 0 Å². The van der Waals surface area contributed by atoms with Gasteiger partial charge in [0.1, 0.15) is 16.7 Å². The molecular weight excluding hydrogens is 701 g/mol. The van der Waals surface area contributed by atoms with Crippen molar-refractivity contribution in [1.29, 1.82) is 0 Å². The zero-order chi connectivity index (χ0) is 37.5. The lowest BCUT2D eigenvalue weighted by Crippen LogP contribution is -2.00. The lowest BCUT2D eigenvalue weighted by molar-refractivity contribution is 0.663. The minimum Gasteiger partial charge on any atom is -0.455 e. The molecule has 0 amide bonds. The first-order valence-electron chi connectivity index (χ1n) is 19.0. The zero-order valence-corrected chi connectivity index (χ0v) is 30.4. The van der Waals surface area contributed by atoms with Gasteiger partial charge >= 0.3 is 0 Å². The van der Waals surface area contributed by atoms with Crippen LogP contribution in [-0.4, -0.2) is 19.5 Å². The van der Waals surface area contributed by atoms with Gasteiger partial charge in [0, 0.05) is 60.1 Å². The van der Waals surface area contributed by atoms with Crippen LogP contribution >= 0.6 is 0 Å². The third kappa shape index (κ3) is 4.87. The summed E-state index contributed by atoms with van der Waals surface area (Å²) < 4.78 is 16.1. The van der Waals surface area contributed by atoms with Crippen molar-refractivity contribution in [2.75, 3.05) is 0 Å². The third-order valence-corrected chi connectivity index (χ3v) is 11.1. The Labute approximate surface area is 325 Å². The second-order valence-electron chi connectivity index (χ2n) is 14.3. The Morgan fingerprint density at radius 1 is 0.333 bits per heavy atom. The lowest BCUT2D eigenvalue weighted by Gasteiger charge is -2.08. The van der Waals surface area contributed by atoms with Crippen LogP contribution in [0.25, 0.3) is 117 Å². The molecule has 12 rings (SSSR count). The van der Waals surface area contributed by atoms with Gasteiger partial charge in [0.15, 0.2) is 23.1 Å². The predicted molar refractivity (Wildman–Crippen MR) is 230 cm³/mol. The second kappa shape index (κ2) is 12.3. The number of hydrogen-bond acceptors (Lipinski definition) is 5. The fourth-order valence-electron chi connectivity index (χ4n) is 8.46. The summed E-state index contributed by atoms with van der Waals surface area (Å²) in [6.07, 6.45) is 0. The first-order valence-corrected chi connectivity index (χ1v) is 19.0. The molecule has 4 heterocycles. The van der Waals surface area contributed by atoms with Crippen LogP contribution in [-0.2, 0) is 0 Å². The lowest BCUT2D eigenvalue weighted by atomic mass is 9.99. The molecule has 8 aromatic carbocycles.